The summed E-state index contributed by atoms with van der Waals surface area (Å²) in [6.07, 6.45) is 4.46. The highest BCUT2D eigenvalue weighted by Gasteiger charge is 2.47. The Morgan fingerprint density at radius 1 is 0.564 bits per heavy atom. The summed E-state index contributed by atoms with van der Waals surface area (Å²) in [5, 5.41) is 0. The molecule has 2 aliphatic rings. The molecule has 5 atom stereocenters. The maximum atomic E-state index is 6.65. The molecule has 0 spiro atoms. The fourth-order valence-electron chi connectivity index (χ4n) is 5.59. The topological polar surface area (TPSA) is 46.2 Å². The number of hydrogen-bond acceptors (Lipinski definition) is 5. The van der Waals surface area contributed by atoms with Crippen LogP contribution in [-0.4, -0.2) is 37.3 Å². The lowest BCUT2D eigenvalue weighted by molar-refractivity contribution is -0.322. The highest BCUT2D eigenvalue weighted by Crippen LogP contribution is 2.32. The molecule has 1 aliphatic carbocycles. The van der Waals surface area contributed by atoms with Gasteiger partial charge >= 0.3 is 0 Å². The van der Waals surface area contributed by atoms with Gasteiger partial charge in [0.05, 0.1) is 32.5 Å². The Morgan fingerprint density at radius 3 is 1.54 bits per heavy atom. The van der Waals surface area contributed by atoms with Crippen molar-refractivity contribution in [1.29, 1.82) is 0 Å². The zero-order chi connectivity index (χ0) is 26.7. The Kier molecular flexibility index (Phi) is 10.6. The van der Waals surface area contributed by atoms with Crippen LogP contribution in [0.5, 0.6) is 0 Å². The summed E-state index contributed by atoms with van der Waals surface area (Å²) in [4.78, 5) is 0. The molecule has 1 saturated carbocycles. The van der Waals surface area contributed by atoms with Crippen molar-refractivity contribution in [3.63, 3.8) is 0 Å². The van der Waals surface area contributed by atoms with Gasteiger partial charge in [-0.1, -0.05) is 110 Å². The van der Waals surface area contributed by atoms with Crippen LogP contribution in [-0.2, 0) is 43.5 Å². The summed E-state index contributed by atoms with van der Waals surface area (Å²) in [6.45, 7) is 4.12. The summed E-state index contributed by atoms with van der Waals surface area (Å²) in [5.74, 6) is 0.572. The van der Waals surface area contributed by atoms with Gasteiger partial charge in [-0.05, 0) is 42.4 Å². The molecule has 5 rings (SSSR count). The molecule has 3 aromatic carbocycles. The van der Waals surface area contributed by atoms with Gasteiger partial charge in [-0.3, -0.25) is 0 Å². The van der Waals surface area contributed by atoms with Crippen LogP contribution in [0, 0.1) is 5.92 Å². The summed E-state index contributed by atoms with van der Waals surface area (Å²) in [7, 11) is 0. The second-order valence-electron chi connectivity index (χ2n) is 10.8. The van der Waals surface area contributed by atoms with Crippen LogP contribution < -0.4 is 0 Å². The molecule has 1 heterocycles. The van der Waals surface area contributed by atoms with Crippen LogP contribution in [0.1, 0.15) is 55.7 Å². The largest absolute Gasteiger partial charge is 0.368 e. The minimum atomic E-state index is -0.525. The van der Waals surface area contributed by atoms with Gasteiger partial charge in [0, 0.05) is 0 Å². The minimum absolute atomic E-state index is 0.220. The molecule has 208 valence electrons. The summed E-state index contributed by atoms with van der Waals surface area (Å²) >= 11 is 0. The van der Waals surface area contributed by atoms with Crippen molar-refractivity contribution < 1.29 is 23.7 Å². The van der Waals surface area contributed by atoms with Gasteiger partial charge in [0.25, 0.3) is 0 Å². The van der Waals surface area contributed by atoms with E-state index in [1.165, 1.54) is 32.1 Å². The van der Waals surface area contributed by atoms with Gasteiger partial charge in [0.2, 0.25) is 0 Å². The Balaban J connectivity index is 1.36. The van der Waals surface area contributed by atoms with Crippen molar-refractivity contribution in [3.05, 3.63) is 108 Å². The van der Waals surface area contributed by atoms with Crippen molar-refractivity contribution in [2.24, 2.45) is 5.92 Å². The lowest BCUT2D eigenvalue weighted by Crippen LogP contribution is -2.60. The molecule has 0 radical (unpaired) electrons. The molecule has 39 heavy (non-hydrogen) atoms. The number of rotatable bonds is 12. The number of hydrogen-bond donors (Lipinski definition) is 0. The van der Waals surface area contributed by atoms with Crippen molar-refractivity contribution in [3.8, 4) is 0 Å². The van der Waals surface area contributed by atoms with Crippen molar-refractivity contribution in [1.82, 2.24) is 0 Å². The molecular formula is C34H42O5. The SMILES string of the molecule is C[C@@H]1O[C@@H](OCC2CCCCC2)[C@H](OCc2ccccc2)[C@H](OCc2ccccc2)[C@H]1OCc1ccccc1. The van der Waals surface area contributed by atoms with E-state index in [4.69, 9.17) is 23.7 Å². The van der Waals surface area contributed by atoms with E-state index in [1.807, 2.05) is 54.6 Å². The standard InChI is InChI=1S/C34H42O5/c1-26-31(35-22-27-14-6-2-7-15-27)32(36-23-28-16-8-3-9-17-28)33(37-24-29-18-10-4-11-19-29)34(39-26)38-25-30-20-12-5-13-21-30/h2-4,6-11,14-19,26,30-34H,5,12-13,20-25H2,1H3/t26-,31-,32+,33+,34+/m0/s1. The van der Waals surface area contributed by atoms with E-state index >= 15 is 0 Å². The summed E-state index contributed by atoms with van der Waals surface area (Å²) in [6, 6.07) is 30.7. The van der Waals surface area contributed by atoms with Crippen LogP contribution in [0.4, 0.5) is 0 Å². The highest BCUT2D eigenvalue weighted by atomic mass is 16.7. The summed E-state index contributed by atoms with van der Waals surface area (Å²) < 4.78 is 32.8. The molecule has 5 heteroatoms. The van der Waals surface area contributed by atoms with Crippen LogP contribution >= 0.6 is 0 Å². The number of ether oxygens (including phenoxy) is 5. The van der Waals surface area contributed by atoms with E-state index in [0.717, 1.165) is 16.7 Å². The Bertz CT molecular complexity index is 1070. The molecule has 0 unspecified atom stereocenters. The van der Waals surface area contributed by atoms with Gasteiger partial charge < -0.3 is 23.7 Å². The van der Waals surface area contributed by atoms with E-state index in [9.17, 15) is 0 Å². The second-order valence-corrected chi connectivity index (χ2v) is 10.8. The predicted octanol–water partition coefficient (Wildman–Crippen LogP) is 7.08. The van der Waals surface area contributed by atoms with Crippen molar-refractivity contribution in [2.45, 2.75) is 89.6 Å². The quantitative estimate of drug-likeness (QED) is 0.250. The Morgan fingerprint density at radius 2 is 1.03 bits per heavy atom. The highest BCUT2D eigenvalue weighted by molar-refractivity contribution is 5.15. The maximum absolute atomic E-state index is 6.65. The molecule has 0 bridgehead atoms. The minimum Gasteiger partial charge on any atom is -0.368 e. The van der Waals surface area contributed by atoms with Gasteiger partial charge in [-0.15, -0.1) is 0 Å². The molecule has 3 aromatic rings. The average Bonchev–Trinajstić information content (AvgIpc) is 3.00. The van der Waals surface area contributed by atoms with Crippen LogP contribution in [0.3, 0.4) is 0 Å². The van der Waals surface area contributed by atoms with Gasteiger partial charge in [-0.25, -0.2) is 0 Å². The molecule has 0 amide bonds. The second kappa shape index (κ2) is 14.7. The zero-order valence-electron chi connectivity index (χ0n) is 23.0. The van der Waals surface area contributed by atoms with E-state index in [-0.39, 0.29) is 18.3 Å². The molecule has 0 aromatic heterocycles. The summed E-state index contributed by atoms with van der Waals surface area (Å²) in [5.41, 5.74) is 3.33. The van der Waals surface area contributed by atoms with E-state index < -0.39 is 12.4 Å². The first-order valence-corrected chi connectivity index (χ1v) is 14.5. The van der Waals surface area contributed by atoms with Gasteiger partial charge in [0.1, 0.15) is 18.3 Å². The Labute approximate surface area is 233 Å². The van der Waals surface area contributed by atoms with Crippen molar-refractivity contribution in [2.75, 3.05) is 6.61 Å². The third kappa shape index (κ3) is 8.23. The third-order valence-corrected chi connectivity index (χ3v) is 7.80. The van der Waals surface area contributed by atoms with E-state index in [2.05, 4.69) is 43.3 Å². The first-order chi connectivity index (χ1) is 19.3. The fraction of sp³-hybridized carbons (Fsp3) is 0.471. The lowest BCUT2D eigenvalue weighted by atomic mass is 9.90. The normalized spacial score (nSPS) is 25.9. The molecule has 1 aliphatic heterocycles. The molecule has 0 N–H and O–H groups in total. The molecular weight excluding hydrogens is 488 g/mol. The van der Waals surface area contributed by atoms with Gasteiger partial charge in [-0.2, -0.15) is 0 Å². The lowest BCUT2D eigenvalue weighted by Gasteiger charge is -2.45. The van der Waals surface area contributed by atoms with Crippen LogP contribution in [0.2, 0.25) is 0 Å². The van der Waals surface area contributed by atoms with E-state index in [1.54, 1.807) is 0 Å². The maximum Gasteiger partial charge on any atom is 0.186 e. The van der Waals surface area contributed by atoms with Crippen LogP contribution in [0.25, 0.3) is 0 Å². The van der Waals surface area contributed by atoms with Gasteiger partial charge in [0.15, 0.2) is 6.29 Å². The zero-order valence-corrected chi connectivity index (χ0v) is 23.0. The van der Waals surface area contributed by atoms with Crippen molar-refractivity contribution >= 4 is 0 Å². The fourth-order valence-corrected chi connectivity index (χ4v) is 5.59. The van der Waals surface area contributed by atoms with Crippen LogP contribution in [0.15, 0.2) is 91.0 Å². The Hall–Kier alpha value is -2.54. The smallest absolute Gasteiger partial charge is 0.186 e. The predicted molar refractivity (Wildman–Crippen MR) is 152 cm³/mol. The molecule has 5 nitrogen and oxygen atoms in total. The molecule has 2 fully saturated rings. The first kappa shape index (κ1) is 28.0. The monoisotopic (exact) mass is 530 g/mol. The van der Waals surface area contributed by atoms with E-state index in [0.29, 0.717) is 32.3 Å². The first-order valence-electron chi connectivity index (χ1n) is 14.5. The molecule has 1 saturated heterocycles. The number of benzene rings is 3. The third-order valence-electron chi connectivity index (χ3n) is 7.80. The average molecular weight is 531 g/mol.